The lowest BCUT2D eigenvalue weighted by molar-refractivity contribution is 0.415. The summed E-state index contributed by atoms with van der Waals surface area (Å²) in [6, 6.07) is 25.3. The van der Waals surface area contributed by atoms with Crippen molar-refractivity contribution in [3.63, 3.8) is 0 Å². The Morgan fingerprint density at radius 1 is 0.575 bits per heavy atom. The first-order chi connectivity index (χ1) is 19.5. The predicted molar refractivity (Wildman–Crippen MR) is 153 cm³/mol. The molecule has 6 rings (SSSR count). The summed E-state index contributed by atoms with van der Waals surface area (Å²) in [6.07, 6.45) is 3.94. The van der Waals surface area contributed by atoms with Crippen molar-refractivity contribution in [3.05, 3.63) is 117 Å². The average Bonchev–Trinajstić information content (AvgIpc) is 3.00. The zero-order chi connectivity index (χ0) is 27.6. The smallest absolute Gasteiger partial charge is 0.347 e. The second kappa shape index (κ2) is 10.3. The Morgan fingerprint density at radius 3 is 1.35 bits per heavy atom. The second-order valence-corrected chi connectivity index (χ2v) is 8.96. The van der Waals surface area contributed by atoms with Crippen LogP contribution in [-0.4, -0.2) is 24.2 Å². The van der Waals surface area contributed by atoms with Gasteiger partial charge in [0.05, 0.1) is 36.0 Å². The Labute approximate surface area is 227 Å². The standard InChI is InChI=1S/C32H22N2O6/c1-37-23-13-15-27-25(17-23)31(35)39-29(33-27)21-9-5-19(6-10-21)3-4-20-7-11-22(12-8-20)30-34-28-16-14-24(38-2)18-26(28)32(36)40-30/h3-18H,1-2H3/b4-3+. The molecule has 196 valence electrons. The average molecular weight is 531 g/mol. The van der Waals surface area contributed by atoms with Gasteiger partial charge in [-0.25, -0.2) is 19.6 Å². The normalized spacial score (nSPS) is 11.3. The summed E-state index contributed by atoms with van der Waals surface area (Å²) < 4.78 is 21.3. The minimum absolute atomic E-state index is 0.252. The monoisotopic (exact) mass is 530 g/mol. The van der Waals surface area contributed by atoms with E-state index in [1.54, 1.807) is 36.4 Å². The van der Waals surface area contributed by atoms with Crippen LogP contribution < -0.4 is 20.7 Å². The maximum atomic E-state index is 12.5. The number of nitrogens with zero attached hydrogens (tertiary/aromatic N) is 2. The summed E-state index contributed by atoms with van der Waals surface area (Å²) in [5.41, 5.74) is 3.44. The molecule has 0 saturated heterocycles. The molecule has 4 aromatic carbocycles. The van der Waals surface area contributed by atoms with Crippen LogP contribution >= 0.6 is 0 Å². The minimum Gasteiger partial charge on any atom is -0.497 e. The van der Waals surface area contributed by atoms with Gasteiger partial charge in [-0.1, -0.05) is 36.4 Å². The zero-order valence-corrected chi connectivity index (χ0v) is 21.6. The fraction of sp³-hybridized carbons (Fsp3) is 0.0625. The first-order valence-electron chi connectivity index (χ1n) is 12.4. The number of hydrogen-bond acceptors (Lipinski definition) is 8. The Hall–Kier alpha value is -5.50. The molecule has 0 aliphatic carbocycles. The Balaban J connectivity index is 1.19. The van der Waals surface area contributed by atoms with Crippen LogP contribution in [0, 0.1) is 0 Å². The number of rotatable bonds is 6. The summed E-state index contributed by atoms with van der Waals surface area (Å²) >= 11 is 0. The van der Waals surface area contributed by atoms with Crippen molar-refractivity contribution in [1.29, 1.82) is 0 Å². The highest BCUT2D eigenvalue weighted by atomic mass is 16.5. The summed E-state index contributed by atoms with van der Waals surface area (Å²) in [4.78, 5) is 33.9. The van der Waals surface area contributed by atoms with Crippen molar-refractivity contribution in [1.82, 2.24) is 9.97 Å². The van der Waals surface area contributed by atoms with Gasteiger partial charge in [-0.15, -0.1) is 0 Å². The van der Waals surface area contributed by atoms with Crippen molar-refractivity contribution in [2.75, 3.05) is 14.2 Å². The molecule has 0 spiro atoms. The maximum absolute atomic E-state index is 12.5. The van der Waals surface area contributed by atoms with Crippen LogP contribution in [0.25, 0.3) is 56.9 Å². The van der Waals surface area contributed by atoms with Gasteiger partial charge in [-0.05, 0) is 71.8 Å². The minimum atomic E-state index is -0.468. The number of methoxy groups -OCH3 is 2. The van der Waals surface area contributed by atoms with Gasteiger partial charge in [-0.3, -0.25) is 0 Å². The van der Waals surface area contributed by atoms with Gasteiger partial charge in [0.1, 0.15) is 11.5 Å². The molecular weight excluding hydrogens is 508 g/mol. The van der Waals surface area contributed by atoms with Crippen molar-refractivity contribution < 1.29 is 18.3 Å². The van der Waals surface area contributed by atoms with E-state index in [9.17, 15) is 9.59 Å². The summed E-state index contributed by atoms with van der Waals surface area (Å²) in [6.45, 7) is 0. The molecule has 0 atom stereocenters. The van der Waals surface area contributed by atoms with Crippen molar-refractivity contribution in [2.24, 2.45) is 0 Å². The van der Waals surface area contributed by atoms with Gasteiger partial charge in [0.15, 0.2) is 0 Å². The van der Waals surface area contributed by atoms with Gasteiger partial charge in [0.25, 0.3) is 0 Å². The third-order valence-electron chi connectivity index (χ3n) is 6.45. The molecule has 0 bridgehead atoms. The number of ether oxygens (including phenoxy) is 2. The van der Waals surface area contributed by atoms with E-state index in [0.717, 1.165) is 11.1 Å². The Kier molecular flexibility index (Phi) is 6.41. The fourth-order valence-corrected chi connectivity index (χ4v) is 4.27. The summed E-state index contributed by atoms with van der Waals surface area (Å²) in [5, 5.41) is 0.737. The van der Waals surface area contributed by atoms with Gasteiger partial charge in [0, 0.05) is 11.1 Å². The van der Waals surface area contributed by atoms with Crippen LogP contribution in [0.2, 0.25) is 0 Å². The molecule has 0 aliphatic heterocycles. The molecule has 2 aromatic heterocycles. The van der Waals surface area contributed by atoms with Crippen molar-refractivity contribution in [3.8, 4) is 34.4 Å². The molecule has 0 saturated carbocycles. The van der Waals surface area contributed by atoms with E-state index in [-0.39, 0.29) is 11.8 Å². The van der Waals surface area contributed by atoms with E-state index in [4.69, 9.17) is 18.3 Å². The van der Waals surface area contributed by atoms with Crippen LogP contribution in [0.5, 0.6) is 11.5 Å². The van der Waals surface area contributed by atoms with E-state index in [2.05, 4.69) is 9.97 Å². The molecule has 8 heteroatoms. The van der Waals surface area contributed by atoms with E-state index in [1.165, 1.54) is 14.2 Å². The molecule has 0 N–H and O–H groups in total. The largest absolute Gasteiger partial charge is 0.497 e. The molecular formula is C32H22N2O6. The van der Waals surface area contributed by atoms with Crippen molar-refractivity contribution >= 4 is 34.0 Å². The molecule has 0 radical (unpaired) electrons. The Bertz CT molecular complexity index is 1860. The quantitative estimate of drug-likeness (QED) is 0.234. The summed E-state index contributed by atoms with van der Waals surface area (Å²) in [5.74, 6) is 1.64. The predicted octanol–water partition coefficient (Wildman–Crippen LogP) is 6.21. The Morgan fingerprint density at radius 2 is 0.975 bits per heavy atom. The molecule has 40 heavy (non-hydrogen) atoms. The topological polar surface area (TPSA) is 105 Å². The van der Waals surface area contributed by atoms with Crippen LogP contribution in [0.1, 0.15) is 11.1 Å². The number of benzene rings is 4. The van der Waals surface area contributed by atoms with Gasteiger partial charge in [-0.2, -0.15) is 0 Å². The van der Waals surface area contributed by atoms with Gasteiger partial charge < -0.3 is 18.3 Å². The van der Waals surface area contributed by atoms with E-state index >= 15 is 0 Å². The molecule has 8 nitrogen and oxygen atoms in total. The highest BCUT2D eigenvalue weighted by Gasteiger charge is 2.11. The number of aromatic nitrogens is 2. The number of hydrogen-bond donors (Lipinski definition) is 0. The second-order valence-electron chi connectivity index (χ2n) is 8.96. The first kappa shape index (κ1) is 24.8. The SMILES string of the molecule is COc1ccc2nc(-c3ccc(/C=C/c4ccc(-c5nc6ccc(OC)cc6c(=O)o5)cc4)cc3)oc(=O)c2c1. The first-order valence-corrected chi connectivity index (χ1v) is 12.4. The van der Waals surface area contributed by atoms with Crippen LogP contribution in [0.15, 0.2) is 103 Å². The fourth-order valence-electron chi connectivity index (χ4n) is 4.27. The third kappa shape index (κ3) is 4.86. The molecule has 0 aliphatic rings. The molecule has 6 aromatic rings. The third-order valence-corrected chi connectivity index (χ3v) is 6.45. The lowest BCUT2D eigenvalue weighted by atomic mass is 10.1. The zero-order valence-electron chi connectivity index (χ0n) is 21.6. The molecule has 2 heterocycles. The number of fused-ring (bicyclic) bond motifs is 2. The van der Waals surface area contributed by atoms with E-state index < -0.39 is 11.3 Å². The molecule has 0 unspecified atom stereocenters. The maximum Gasteiger partial charge on any atom is 0.347 e. The lowest BCUT2D eigenvalue weighted by Gasteiger charge is -2.04. The van der Waals surface area contributed by atoms with Crippen LogP contribution in [0.3, 0.4) is 0 Å². The summed E-state index contributed by atoms with van der Waals surface area (Å²) in [7, 11) is 3.08. The molecule has 0 fully saturated rings. The van der Waals surface area contributed by atoms with Crippen molar-refractivity contribution in [2.45, 2.75) is 0 Å². The van der Waals surface area contributed by atoms with Gasteiger partial charge >= 0.3 is 11.3 Å². The molecule has 0 amide bonds. The van der Waals surface area contributed by atoms with E-state index in [1.807, 2.05) is 60.7 Å². The van der Waals surface area contributed by atoms with Crippen LogP contribution in [0.4, 0.5) is 0 Å². The highest BCUT2D eigenvalue weighted by Crippen LogP contribution is 2.24. The highest BCUT2D eigenvalue weighted by molar-refractivity contribution is 5.81. The van der Waals surface area contributed by atoms with E-state index in [0.29, 0.717) is 44.4 Å². The van der Waals surface area contributed by atoms with Gasteiger partial charge in [0.2, 0.25) is 11.8 Å². The lowest BCUT2D eigenvalue weighted by Crippen LogP contribution is -2.03. The van der Waals surface area contributed by atoms with Crippen LogP contribution in [-0.2, 0) is 0 Å².